The van der Waals surface area contributed by atoms with Crippen LogP contribution in [0.2, 0.25) is 0 Å². The molecule has 2 N–H and O–H groups in total. The van der Waals surface area contributed by atoms with E-state index in [4.69, 9.17) is 9.47 Å². The van der Waals surface area contributed by atoms with Crippen LogP contribution >= 0.6 is 0 Å². The Balaban J connectivity index is 1.56. The van der Waals surface area contributed by atoms with E-state index in [0.717, 1.165) is 0 Å². The van der Waals surface area contributed by atoms with Crippen molar-refractivity contribution in [1.29, 1.82) is 0 Å². The minimum Gasteiger partial charge on any atom is -0.497 e. The Morgan fingerprint density at radius 1 is 1.38 bits per heavy atom. The van der Waals surface area contributed by atoms with Crippen LogP contribution in [-0.2, 0) is 14.3 Å². The number of hydrogen-bond donors (Lipinski definition) is 2. The van der Waals surface area contributed by atoms with Crippen LogP contribution in [-0.4, -0.2) is 62.1 Å². The molecule has 0 spiro atoms. The topological polar surface area (TPSA) is 92.3 Å². The number of guanidine groups is 1. The normalized spacial score (nSPS) is 20.4. The molecule has 2 amide bonds. The number of nitrogens with one attached hydrogen (secondary N) is 2. The average Bonchev–Trinajstić information content (AvgIpc) is 2.97. The zero-order valence-electron chi connectivity index (χ0n) is 13.4. The molecule has 8 nitrogen and oxygen atoms in total. The summed E-state index contributed by atoms with van der Waals surface area (Å²) in [6, 6.07) is 6.31. The summed E-state index contributed by atoms with van der Waals surface area (Å²) in [5, 5.41) is 5.50. The third kappa shape index (κ3) is 3.83. The number of ether oxygens (including phenoxy) is 2. The average molecular weight is 332 g/mol. The third-order valence-electron chi connectivity index (χ3n) is 3.88. The van der Waals surface area contributed by atoms with Gasteiger partial charge in [-0.1, -0.05) is 0 Å². The fraction of sp³-hybridized carbons (Fsp3) is 0.438. The van der Waals surface area contributed by atoms with Crippen molar-refractivity contribution in [3.63, 3.8) is 0 Å². The molecule has 1 aromatic carbocycles. The number of hydrogen-bond acceptors (Lipinski definition) is 6. The molecule has 3 rings (SSSR count). The predicted octanol–water partition coefficient (Wildman–Crippen LogP) is 0.210. The monoisotopic (exact) mass is 332 g/mol. The second-order valence-corrected chi connectivity index (χ2v) is 5.54. The second kappa shape index (κ2) is 7.31. The fourth-order valence-electron chi connectivity index (χ4n) is 2.57. The number of carbonyl (C=O) groups excluding carboxylic acids is 2. The van der Waals surface area contributed by atoms with Crippen molar-refractivity contribution in [3.05, 3.63) is 24.3 Å². The van der Waals surface area contributed by atoms with E-state index in [2.05, 4.69) is 15.6 Å². The third-order valence-corrected chi connectivity index (χ3v) is 3.88. The molecule has 1 saturated heterocycles. The van der Waals surface area contributed by atoms with Gasteiger partial charge < -0.3 is 19.7 Å². The van der Waals surface area contributed by atoms with E-state index in [-0.39, 0.29) is 18.2 Å². The number of methoxy groups -OCH3 is 1. The standard InChI is InChI=1S/C16H20N4O4/c1-23-12-4-2-11(3-5-12)17-14(21)10-13-15(22)19-16(18-13)20-6-8-24-9-7-20/h2-5,13H,6-10H2,1H3,(H,17,21)(H,18,19,22)/t13-/m0/s1. The predicted molar refractivity (Wildman–Crippen MR) is 88.0 cm³/mol. The smallest absolute Gasteiger partial charge is 0.252 e. The molecular formula is C16H20N4O4. The van der Waals surface area contributed by atoms with Crippen LogP contribution in [0.15, 0.2) is 29.3 Å². The number of rotatable bonds is 4. The Labute approximate surface area is 139 Å². The molecule has 0 unspecified atom stereocenters. The number of nitrogens with zero attached hydrogens (tertiary/aromatic N) is 2. The number of anilines is 1. The van der Waals surface area contributed by atoms with E-state index in [9.17, 15) is 9.59 Å². The van der Waals surface area contributed by atoms with Gasteiger partial charge >= 0.3 is 0 Å². The molecule has 0 aromatic heterocycles. The summed E-state index contributed by atoms with van der Waals surface area (Å²) in [7, 11) is 1.58. The van der Waals surface area contributed by atoms with Crippen molar-refractivity contribution < 1.29 is 19.1 Å². The lowest BCUT2D eigenvalue weighted by molar-refractivity contribution is -0.124. The number of amides is 2. The van der Waals surface area contributed by atoms with Crippen LogP contribution in [0.25, 0.3) is 0 Å². The van der Waals surface area contributed by atoms with E-state index in [1.165, 1.54) is 0 Å². The molecule has 1 fully saturated rings. The summed E-state index contributed by atoms with van der Waals surface area (Å²) >= 11 is 0. The molecular weight excluding hydrogens is 312 g/mol. The van der Waals surface area contributed by atoms with Gasteiger partial charge in [0.15, 0.2) is 0 Å². The van der Waals surface area contributed by atoms with E-state index >= 15 is 0 Å². The van der Waals surface area contributed by atoms with Gasteiger partial charge in [-0.15, -0.1) is 0 Å². The van der Waals surface area contributed by atoms with Crippen LogP contribution in [0.4, 0.5) is 5.69 Å². The highest BCUT2D eigenvalue weighted by Gasteiger charge is 2.31. The molecule has 0 bridgehead atoms. The van der Waals surface area contributed by atoms with Gasteiger partial charge in [-0.2, -0.15) is 0 Å². The summed E-state index contributed by atoms with van der Waals surface area (Å²) in [5.41, 5.74) is 0.650. The lowest BCUT2D eigenvalue weighted by atomic mass is 10.2. The molecule has 8 heteroatoms. The Morgan fingerprint density at radius 3 is 2.75 bits per heavy atom. The van der Waals surface area contributed by atoms with Gasteiger partial charge in [-0.05, 0) is 24.3 Å². The number of morpholine rings is 1. The summed E-state index contributed by atoms with van der Waals surface area (Å²) < 4.78 is 10.3. The maximum absolute atomic E-state index is 12.1. The Bertz CT molecular complexity index is 638. The summed E-state index contributed by atoms with van der Waals surface area (Å²) in [6.45, 7) is 2.59. The zero-order valence-corrected chi connectivity index (χ0v) is 13.4. The Kier molecular flexibility index (Phi) is 4.95. The molecule has 0 aliphatic carbocycles. The van der Waals surface area contributed by atoms with Crippen LogP contribution < -0.4 is 15.4 Å². The van der Waals surface area contributed by atoms with Gasteiger partial charge in [0.25, 0.3) is 5.91 Å². The summed E-state index contributed by atoms with van der Waals surface area (Å²) in [4.78, 5) is 30.5. The minimum absolute atomic E-state index is 0.00566. The van der Waals surface area contributed by atoms with E-state index in [1.54, 1.807) is 31.4 Å². The maximum Gasteiger partial charge on any atom is 0.252 e. The second-order valence-electron chi connectivity index (χ2n) is 5.54. The van der Waals surface area contributed by atoms with Gasteiger partial charge in [0.05, 0.1) is 26.7 Å². The highest BCUT2D eigenvalue weighted by molar-refractivity contribution is 6.07. The van der Waals surface area contributed by atoms with Gasteiger partial charge in [0, 0.05) is 18.8 Å². The molecule has 2 heterocycles. The highest BCUT2D eigenvalue weighted by Crippen LogP contribution is 2.16. The SMILES string of the molecule is COc1ccc(NC(=O)C[C@@H]2N=C(N3CCOCC3)NC2=O)cc1. The molecule has 1 aromatic rings. The first-order valence-corrected chi connectivity index (χ1v) is 7.81. The molecule has 0 saturated carbocycles. The maximum atomic E-state index is 12.1. The van der Waals surface area contributed by atoms with Crippen LogP contribution in [0.5, 0.6) is 5.75 Å². The van der Waals surface area contributed by atoms with Gasteiger partial charge in [-0.25, -0.2) is 4.99 Å². The molecule has 2 aliphatic heterocycles. The van der Waals surface area contributed by atoms with E-state index in [0.29, 0.717) is 43.7 Å². The van der Waals surface area contributed by atoms with Crippen molar-refractivity contribution in [2.24, 2.45) is 4.99 Å². The largest absolute Gasteiger partial charge is 0.497 e. The molecule has 1 atom stereocenters. The highest BCUT2D eigenvalue weighted by atomic mass is 16.5. The molecule has 0 radical (unpaired) electrons. The first-order valence-electron chi connectivity index (χ1n) is 7.81. The first kappa shape index (κ1) is 16.3. The molecule has 128 valence electrons. The summed E-state index contributed by atoms with van der Waals surface area (Å²) in [5.74, 6) is 0.738. The van der Waals surface area contributed by atoms with Gasteiger partial charge in [0.1, 0.15) is 11.8 Å². The van der Waals surface area contributed by atoms with Gasteiger partial charge in [0.2, 0.25) is 11.9 Å². The number of aliphatic imine (C=N–C) groups is 1. The lowest BCUT2D eigenvalue weighted by Gasteiger charge is -2.27. The van der Waals surface area contributed by atoms with Crippen LogP contribution in [0, 0.1) is 0 Å². The van der Waals surface area contributed by atoms with Crippen molar-refractivity contribution in [2.75, 3.05) is 38.7 Å². The minimum atomic E-state index is -0.693. The lowest BCUT2D eigenvalue weighted by Crippen LogP contribution is -2.46. The first-order chi connectivity index (χ1) is 11.7. The fourth-order valence-corrected chi connectivity index (χ4v) is 2.57. The van der Waals surface area contributed by atoms with E-state index in [1.807, 2.05) is 4.90 Å². The number of carbonyl (C=O) groups is 2. The summed E-state index contributed by atoms with van der Waals surface area (Å²) in [6.07, 6.45) is 0.00566. The van der Waals surface area contributed by atoms with Crippen LogP contribution in [0.1, 0.15) is 6.42 Å². The van der Waals surface area contributed by atoms with Crippen molar-refractivity contribution in [2.45, 2.75) is 12.5 Å². The van der Waals surface area contributed by atoms with Crippen molar-refractivity contribution in [3.8, 4) is 5.75 Å². The van der Waals surface area contributed by atoms with Crippen LogP contribution in [0.3, 0.4) is 0 Å². The van der Waals surface area contributed by atoms with E-state index < -0.39 is 6.04 Å². The Morgan fingerprint density at radius 2 is 2.08 bits per heavy atom. The molecule has 24 heavy (non-hydrogen) atoms. The Hall–Kier alpha value is -2.61. The molecule has 2 aliphatic rings. The van der Waals surface area contributed by atoms with Crippen molar-refractivity contribution >= 4 is 23.5 Å². The quantitative estimate of drug-likeness (QED) is 0.822. The number of benzene rings is 1. The zero-order chi connectivity index (χ0) is 16.9. The van der Waals surface area contributed by atoms with Gasteiger partial charge in [-0.3, -0.25) is 14.9 Å². The van der Waals surface area contributed by atoms with Crippen molar-refractivity contribution in [1.82, 2.24) is 10.2 Å².